The number of hydrogen-bond donors (Lipinski definition) is 1. The fourth-order valence-electron chi connectivity index (χ4n) is 1.14. The molecule has 0 aliphatic carbocycles. The normalized spacial score (nSPS) is 11.6. The molecule has 0 saturated carbocycles. The van der Waals surface area contributed by atoms with E-state index in [1.807, 2.05) is 13.0 Å². The summed E-state index contributed by atoms with van der Waals surface area (Å²) in [7, 11) is -3.37. The number of sulfone groups is 1. The second-order valence-electron chi connectivity index (χ2n) is 3.17. The van der Waals surface area contributed by atoms with Crippen molar-refractivity contribution in [3.63, 3.8) is 0 Å². The van der Waals surface area contributed by atoms with Crippen LogP contribution in [0.5, 0.6) is 0 Å². The number of aryl methyl sites for hydroxylation is 1. The van der Waals surface area contributed by atoms with E-state index in [1.165, 1.54) is 6.07 Å². The minimum Gasteiger partial charge on any atom is -0.288 e. The third-order valence-electron chi connectivity index (χ3n) is 1.89. The molecule has 0 heterocycles. The van der Waals surface area contributed by atoms with Crippen molar-refractivity contribution in [1.29, 1.82) is 0 Å². The molecule has 6 nitrogen and oxygen atoms in total. The summed E-state index contributed by atoms with van der Waals surface area (Å²) in [4.78, 5) is 0.255. The molecule has 0 radical (unpaired) electrons. The van der Waals surface area contributed by atoms with Crippen molar-refractivity contribution in [3.8, 4) is 0 Å². The zero-order valence-electron chi connectivity index (χ0n) is 9.03. The van der Waals surface area contributed by atoms with E-state index >= 15 is 0 Å². The van der Waals surface area contributed by atoms with Gasteiger partial charge in [-0.2, -0.15) is 0 Å². The average molecular weight is 280 g/mol. The van der Waals surface area contributed by atoms with Crippen LogP contribution in [0.15, 0.2) is 29.2 Å². The van der Waals surface area contributed by atoms with Crippen molar-refractivity contribution in [1.82, 2.24) is 0 Å². The Morgan fingerprint density at radius 1 is 1.41 bits per heavy atom. The van der Waals surface area contributed by atoms with Crippen molar-refractivity contribution in [2.75, 3.05) is 12.4 Å². The molecule has 8 heteroatoms. The first kappa shape index (κ1) is 14.4. The van der Waals surface area contributed by atoms with Gasteiger partial charge >= 0.3 is 0 Å². The Bertz CT molecular complexity index is 445. The highest BCUT2D eigenvalue weighted by molar-refractivity contribution is 7.91. The highest BCUT2D eigenvalue weighted by Crippen LogP contribution is 2.13. The number of rotatable bonds is 7. The summed E-state index contributed by atoms with van der Waals surface area (Å²) in [5.74, 6) is -0.182. The summed E-state index contributed by atoms with van der Waals surface area (Å²) in [6.07, 6.45) is 0. The van der Waals surface area contributed by atoms with Crippen molar-refractivity contribution < 1.29 is 27.2 Å². The van der Waals surface area contributed by atoms with Crippen LogP contribution in [0, 0.1) is 6.92 Å². The lowest BCUT2D eigenvalue weighted by Crippen LogP contribution is -2.11. The van der Waals surface area contributed by atoms with Crippen molar-refractivity contribution in [3.05, 3.63) is 29.8 Å². The average Bonchev–Trinajstić information content (AvgIpc) is 2.29. The quantitative estimate of drug-likeness (QED) is 0.353. The summed E-state index contributed by atoms with van der Waals surface area (Å²) in [5.41, 5.74) is 0.874. The molecular formula is C9H12O6S2. The highest BCUT2D eigenvalue weighted by Gasteiger charge is 2.14. The van der Waals surface area contributed by atoms with Gasteiger partial charge in [0.25, 0.3) is 0 Å². The van der Waals surface area contributed by atoms with Crippen molar-refractivity contribution in [2.24, 2.45) is 0 Å². The van der Waals surface area contributed by atoms with Gasteiger partial charge in [-0.05, 0) is 24.6 Å². The van der Waals surface area contributed by atoms with E-state index < -0.39 is 9.84 Å². The predicted octanol–water partition coefficient (Wildman–Crippen LogP) is 1.77. The second-order valence-corrected chi connectivity index (χ2v) is 5.78. The number of hydrogen-bond acceptors (Lipinski definition) is 7. The first-order valence-corrected chi connectivity index (χ1v) is 6.94. The molecule has 96 valence electrons. The van der Waals surface area contributed by atoms with E-state index in [0.717, 1.165) is 5.56 Å². The molecule has 0 unspecified atom stereocenters. The molecule has 0 aromatic heterocycles. The molecule has 0 spiro atoms. The lowest BCUT2D eigenvalue weighted by molar-refractivity contribution is -0.434. The molecule has 1 N–H and O–H groups in total. The predicted molar refractivity (Wildman–Crippen MR) is 61.6 cm³/mol. The van der Waals surface area contributed by atoms with Gasteiger partial charge in [0.15, 0.2) is 22.2 Å². The molecule has 0 fully saturated rings. The first-order valence-electron chi connectivity index (χ1n) is 4.62. The Morgan fingerprint density at radius 3 is 2.82 bits per heavy atom. The molecule has 1 aromatic carbocycles. The Hall–Kier alpha value is -0.640. The SMILES string of the molecule is Cc1cccc(S(=O)(=O)CCOSOOO)c1. The Labute approximate surface area is 104 Å². The maximum Gasteiger partial charge on any atom is 0.197 e. The molecule has 0 amide bonds. The van der Waals surface area contributed by atoms with Crippen LogP contribution in [0.3, 0.4) is 0 Å². The maximum absolute atomic E-state index is 11.8. The summed E-state index contributed by atoms with van der Waals surface area (Å²) >= 11 is 0.356. The van der Waals surface area contributed by atoms with Gasteiger partial charge in [-0.3, -0.25) is 4.18 Å². The number of benzene rings is 1. The Balaban J connectivity index is 2.51. The molecule has 1 aromatic rings. The Morgan fingerprint density at radius 2 is 2.18 bits per heavy atom. The second kappa shape index (κ2) is 6.94. The third-order valence-corrected chi connectivity index (χ3v) is 3.95. The monoisotopic (exact) mass is 280 g/mol. The van der Waals surface area contributed by atoms with Crippen LogP contribution < -0.4 is 0 Å². The lowest BCUT2D eigenvalue weighted by Gasteiger charge is -2.04. The van der Waals surface area contributed by atoms with Gasteiger partial charge in [-0.25, -0.2) is 13.7 Å². The zero-order valence-corrected chi connectivity index (χ0v) is 10.7. The highest BCUT2D eigenvalue weighted by atomic mass is 32.2. The van der Waals surface area contributed by atoms with E-state index in [-0.39, 0.29) is 17.3 Å². The van der Waals surface area contributed by atoms with Gasteiger partial charge in [0.2, 0.25) is 0 Å². The van der Waals surface area contributed by atoms with Crippen LogP contribution in [-0.4, -0.2) is 26.0 Å². The van der Waals surface area contributed by atoms with Gasteiger partial charge in [0, 0.05) is 0 Å². The van der Waals surface area contributed by atoms with Crippen LogP contribution in [-0.2, 0) is 23.4 Å². The molecule has 0 aliphatic rings. The van der Waals surface area contributed by atoms with E-state index in [0.29, 0.717) is 12.3 Å². The van der Waals surface area contributed by atoms with Gasteiger partial charge in [0.1, 0.15) is 0 Å². The summed E-state index contributed by atoms with van der Waals surface area (Å²) < 4.78 is 32.2. The maximum atomic E-state index is 11.8. The fourth-order valence-corrected chi connectivity index (χ4v) is 2.65. The van der Waals surface area contributed by atoms with Crippen LogP contribution in [0.2, 0.25) is 0 Å². The minimum absolute atomic E-state index is 0.0791. The minimum atomic E-state index is -3.37. The van der Waals surface area contributed by atoms with E-state index in [9.17, 15) is 8.42 Å². The van der Waals surface area contributed by atoms with Crippen molar-refractivity contribution in [2.45, 2.75) is 11.8 Å². The molecule has 0 bridgehead atoms. The smallest absolute Gasteiger partial charge is 0.197 e. The molecule has 0 saturated heterocycles. The summed E-state index contributed by atoms with van der Waals surface area (Å²) in [5, 5.41) is 11.1. The van der Waals surface area contributed by atoms with Crippen LogP contribution >= 0.6 is 12.3 Å². The molecular weight excluding hydrogens is 268 g/mol. The van der Waals surface area contributed by atoms with Gasteiger partial charge in [-0.15, -0.1) is 4.33 Å². The summed E-state index contributed by atoms with van der Waals surface area (Å²) in [6, 6.07) is 6.62. The third kappa shape index (κ3) is 5.02. The summed E-state index contributed by atoms with van der Waals surface area (Å²) in [6.45, 7) is 1.74. The van der Waals surface area contributed by atoms with E-state index in [4.69, 9.17) is 9.44 Å². The lowest BCUT2D eigenvalue weighted by atomic mass is 10.2. The van der Waals surface area contributed by atoms with Gasteiger partial charge < -0.3 is 0 Å². The van der Waals surface area contributed by atoms with Gasteiger partial charge in [-0.1, -0.05) is 17.2 Å². The molecule has 17 heavy (non-hydrogen) atoms. The topological polar surface area (TPSA) is 82.1 Å². The molecule has 1 rings (SSSR count). The van der Waals surface area contributed by atoms with Crippen LogP contribution in [0.1, 0.15) is 5.56 Å². The largest absolute Gasteiger partial charge is 0.288 e. The van der Waals surface area contributed by atoms with E-state index in [1.54, 1.807) is 12.1 Å². The molecule has 0 aliphatic heterocycles. The standard InChI is InChI=1S/C9H12O6S2/c1-8-3-2-4-9(7-8)17(11,12)6-5-13-16-15-14-10/h2-4,7,10H,5-6H2,1H3. The zero-order chi connectivity index (χ0) is 12.7. The molecule has 0 atom stereocenters. The fraction of sp³-hybridized carbons (Fsp3) is 0.333. The van der Waals surface area contributed by atoms with Crippen LogP contribution in [0.25, 0.3) is 0 Å². The van der Waals surface area contributed by atoms with Gasteiger partial charge in [0.05, 0.1) is 17.3 Å². The van der Waals surface area contributed by atoms with Crippen LogP contribution in [0.4, 0.5) is 0 Å². The first-order chi connectivity index (χ1) is 8.06. The van der Waals surface area contributed by atoms with Crippen molar-refractivity contribution >= 4 is 22.2 Å². The Kier molecular flexibility index (Phi) is 5.89. The van der Waals surface area contributed by atoms with E-state index in [2.05, 4.69) is 9.37 Å².